The van der Waals surface area contributed by atoms with E-state index in [1.54, 1.807) is 18.2 Å². The molecule has 1 heterocycles. The minimum Gasteiger partial charge on any atom is -0.495 e. The Labute approximate surface area is 156 Å². The van der Waals surface area contributed by atoms with Crippen LogP contribution in [0.4, 0.5) is 17.2 Å². The Morgan fingerprint density at radius 3 is 2.38 bits per heavy atom. The van der Waals surface area contributed by atoms with Crippen molar-refractivity contribution >= 4 is 34.7 Å². The second-order valence-electron chi connectivity index (χ2n) is 5.58. The van der Waals surface area contributed by atoms with Gasteiger partial charge in [0.1, 0.15) is 17.3 Å². The molecule has 0 saturated heterocycles. The highest BCUT2D eigenvalue weighted by Gasteiger charge is 2.10. The molecule has 0 bridgehead atoms. The topological polar surface area (TPSA) is 76.1 Å². The number of benzene rings is 2. The van der Waals surface area contributed by atoms with Crippen LogP contribution in [0.25, 0.3) is 0 Å². The van der Waals surface area contributed by atoms with Crippen LogP contribution in [0.15, 0.2) is 54.9 Å². The number of aromatic nitrogens is 2. The molecule has 6 nitrogen and oxygen atoms in total. The molecule has 1 aromatic heterocycles. The zero-order valence-corrected chi connectivity index (χ0v) is 15.0. The minimum absolute atomic E-state index is 0.200. The van der Waals surface area contributed by atoms with Crippen molar-refractivity contribution in [2.45, 2.75) is 6.92 Å². The van der Waals surface area contributed by atoms with Crippen LogP contribution in [-0.4, -0.2) is 23.0 Å². The molecule has 7 heteroatoms. The van der Waals surface area contributed by atoms with Crippen LogP contribution in [0.1, 0.15) is 16.1 Å². The van der Waals surface area contributed by atoms with E-state index >= 15 is 0 Å². The lowest BCUT2D eigenvalue weighted by atomic mass is 10.2. The summed E-state index contributed by atoms with van der Waals surface area (Å²) in [4.78, 5) is 20.7. The van der Waals surface area contributed by atoms with Crippen molar-refractivity contribution in [1.82, 2.24) is 9.97 Å². The van der Waals surface area contributed by atoms with E-state index in [-0.39, 0.29) is 11.6 Å². The third-order valence-electron chi connectivity index (χ3n) is 3.62. The summed E-state index contributed by atoms with van der Waals surface area (Å²) in [5.41, 5.74) is 2.82. The van der Waals surface area contributed by atoms with E-state index < -0.39 is 0 Å². The van der Waals surface area contributed by atoms with Gasteiger partial charge in [-0.1, -0.05) is 29.3 Å². The number of ether oxygens (including phenoxy) is 1. The van der Waals surface area contributed by atoms with E-state index in [0.29, 0.717) is 22.3 Å². The summed E-state index contributed by atoms with van der Waals surface area (Å²) in [7, 11) is 1.53. The standard InChI is InChI=1S/C19H17ClN4O2/c1-12-3-5-13(6-4-12)23-18-11-21-16(10-22-18)19(25)24-14-7-8-17(26-2)15(20)9-14/h3-11H,1-2H3,(H,22,23)(H,24,25). The number of anilines is 3. The highest BCUT2D eigenvalue weighted by Crippen LogP contribution is 2.27. The summed E-state index contributed by atoms with van der Waals surface area (Å²) in [6.07, 6.45) is 2.92. The van der Waals surface area contributed by atoms with Gasteiger partial charge in [0.05, 0.1) is 24.5 Å². The molecule has 0 aliphatic heterocycles. The van der Waals surface area contributed by atoms with Gasteiger partial charge in [0.15, 0.2) is 0 Å². The fraction of sp³-hybridized carbons (Fsp3) is 0.105. The van der Waals surface area contributed by atoms with Crippen LogP contribution >= 0.6 is 11.6 Å². The van der Waals surface area contributed by atoms with E-state index in [2.05, 4.69) is 20.6 Å². The Hall–Kier alpha value is -3.12. The van der Waals surface area contributed by atoms with Crippen LogP contribution in [0.5, 0.6) is 5.75 Å². The fourth-order valence-corrected chi connectivity index (χ4v) is 2.49. The molecular weight excluding hydrogens is 352 g/mol. The van der Waals surface area contributed by atoms with Crippen molar-refractivity contribution in [1.29, 1.82) is 0 Å². The molecular formula is C19H17ClN4O2. The monoisotopic (exact) mass is 368 g/mol. The summed E-state index contributed by atoms with van der Waals surface area (Å²) in [5, 5.41) is 6.27. The Kier molecular flexibility index (Phi) is 5.34. The highest BCUT2D eigenvalue weighted by molar-refractivity contribution is 6.32. The first kappa shape index (κ1) is 17.7. The summed E-state index contributed by atoms with van der Waals surface area (Å²) < 4.78 is 5.08. The summed E-state index contributed by atoms with van der Waals surface area (Å²) in [6, 6.07) is 12.9. The molecule has 0 unspecified atom stereocenters. The maximum absolute atomic E-state index is 12.3. The van der Waals surface area contributed by atoms with Crippen molar-refractivity contribution in [3.63, 3.8) is 0 Å². The predicted octanol–water partition coefficient (Wildman–Crippen LogP) is 4.44. The number of carbonyl (C=O) groups excluding carboxylic acids is 1. The molecule has 26 heavy (non-hydrogen) atoms. The molecule has 0 aliphatic carbocycles. The van der Waals surface area contributed by atoms with E-state index in [1.165, 1.54) is 25.1 Å². The van der Waals surface area contributed by atoms with Gasteiger partial charge >= 0.3 is 0 Å². The molecule has 0 aliphatic rings. The molecule has 1 amide bonds. The van der Waals surface area contributed by atoms with Crippen molar-refractivity contribution in [2.24, 2.45) is 0 Å². The smallest absolute Gasteiger partial charge is 0.275 e. The zero-order chi connectivity index (χ0) is 18.5. The first-order valence-electron chi connectivity index (χ1n) is 7.86. The first-order valence-corrected chi connectivity index (χ1v) is 8.23. The van der Waals surface area contributed by atoms with Gasteiger partial charge in [-0.25, -0.2) is 9.97 Å². The van der Waals surface area contributed by atoms with E-state index in [0.717, 1.165) is 5.69 Å². The van der Waals surface area contributed by atoms with Gasteiger partial charge in [0.2, 0.25) is 0 Å². The second kappa shape index (κ2) is 7.84. The first-order chi connectivity index (χ1) is 12.5. The maximum Gasteiger partial charge on any atom is 0.275 e. The van der Waals surface area contributed by atoms with Crippen molar-refractivity contribution < 1.29 is 9.53 Å². The zero-order valence-electron chi connectivity index (χ0n) is 14.3. The van der Waals surface area contributed by atoms with Crippen LogP contribution in [-0.2, 0) is 0 Å². The van der Waals surface area contributed by atoms with Gasteiger partial charge in [0, 0.05) is 11.4 Å². The maximum atomic E-state index is 12.3. The van der Waals surface area contributed by atoms with Gasteiger partial charge in [-0.15, -0.1) is 0 Å². The van der Waals surface area contributed by atoms with Crippen LogP contribution in [0.2, 0.25) is 5.02 Å². The molecule has 2 aromatic carbocycles. The van der Waals surface area contributed by atoms with Gasteiger partial charge in [0.25, 0.3) is 5.91 Å². The molecule has 0 atom stereocenters. The van der Waals surface area contributed by atoms with Gasteiger partial charge in [-0.05, 0) is 37.3 Å². The number of nitrogens with one attached hydrogen (secondary N) is 2. The fourth-order valence-electron chi connectivity index (χ4n) is 2.23. The van der Waals surface area contributed by atoms with Crippen molar-refractivity contribution in [3.05, 3.63) is 71.1 Å². The summed E-state index contributed by atoms with van der Waals surface area (Å²) in [6.45, 7) is 2.02. The van der Waals surface area contributed by atoms with Gasteiger partial charge in [-0.3, -0.25) is 4.79 Å². The van der Waals surface area contributed by atoms with E-state index in [9.17, 15) is 4.79 Å². The molecule has 0 fully saturated rings. The quantitative estimate of drug-likeness (QED) is 0.696. The number of nitrogens with zero attached hydrogens (tertiary/aromatic N) is 2. The largest absolute Gasteiger partial charge is 0.495 e. The lowest BCUT2D eigenvalue weighted by molar-refractivity contribution is 0.102. The summed E-state index contributed by atoms with van der Waals surface area (Å²) >= 11 is 6.05. The number of rotatable bonds is 5. The average Bonchev–Trinajstić information content (AvgIpc) is 2.64. The summed E-state index contributed by atoms with van der Waals surface area (Å²) in [5.74, 6) is 0.717. The third-order valence-corrected chi connectivity index (χ3v) is 3.91. The number of amides is 1. The number of hydrogen-bond donors (Lipinski definition) is 2. The number of hydrogen-bond acceptors (Lipinski definition) is 5. The van der Waals surface area contributed by atoms with Crippen LogP contribution in [0, 0.1) is 6.92 Å². The van der Waals surface area contributed by atoms with Crippen LogP contribution in [0.3, 0.4) is 0 Å². The van der Waals surface area contributed by atoms with Crippen molar-refractivity contribution in [2.75, 3.05) is 17.7 Å². The normalized spacial score (nSPS) is 10.3. The Balaban J connectivity index is 1.66. The molecule has 132 valence electrons. The average molecular weight is 369 g/mol. The van der Waals surface area contributed by atoms with Gasteiger partial charge in [-0.2, -0.15) is 0 Å². The van der Waals surface area contributed by atoms with E-state index in [1.807, 2.05) is 31.2 Å². The SMILES string of the molecule is COc1ccc(NC(=O)c2cnc(Nc3ccc(C)cc3)cn2)cc1Cl. The highest BCUT2D eigenvalue weighted by atomic mass is 35.5. The van der Waals surface area contributed by atoms with Crippen molar-refractivity contribution in [3.8, 4) is 5.75 Å². The Morgan fingerprint density at radius 1 is 1.04 bits per heavy atom. The molecule has 0 spiro atoms. The molecule has 3 rings (SSSR count). The molecule has 3 aromatic rings. The number of aryl methyl sites for hydroxylation is 1. The Morgan fingerprint density at radius 2 is 1.77 bits per heavy atom. The predicted molar refractivity (Wildman–Crippen MR) is 102 cm³/mol. The van der Waals surface area contributed by atoms with E-state index in [4.69, 9.17) is 16.3 Å². The molecule has 0 radical (unpaired) electrons. The number of halogens is 1. The minimum atomic E-state index is -0.374. The van der Waals surface area contributed by atoms with Gasteiger partial charge < -0.3 is 15.4 Å². The second-order valence-corrected chi connectivity index (χ2v) is 5.99. The van der Waals surface area contributed by atoms with Crippen LogP contribution < -0.4 is 15.4 Å². The Bertz CT molecular complexity index is 912. The lowest BCUT2D eigenvalue weighted by Crippen LogP contribution is -2.14. The lowest BCUT2D eigenvalue weighted by Gasteiger charge is -2.08. The number of methoxy groups -OCH3 is 1. The third kappa shape index (κ3) is 4.29. The molecule has 2 N–H and O–H groups in total. The molecule has 0 saturated carbocycles. The number of carbonyl (C=O) groups is 1.